The summed E-state index contributed by atoms with van der Waals surface area (Å²) in [5, 5.41) is 2.80. The molecule has 2 aromatic rings. The van der Waals surface area contributed by atoms with Gasteiger partial charge in [0.2, 0.25) is 0 Å². The molecule has 0 unspecified atom stereocenters. The molecular weight excluding hydrogens is 346 g/mol. The van der Waals surface area contributed by atoms with Crippen LogP contribution in [0.3, 0.4) is 0 Å². The molecular formula is C21H25NO5. The first-order chi connectivity index (χ1) is 12.8. The van der Waals surface area contributed by atoms with Crippen LogP contribution >= 0.6 is 0 Å². The van der Waals surface area contributed by atoms with Gasteiger partial charge >= 0.3 is 5.97 Å². The molecule has 0 bridgehead atoms. The number of carbonyl (C=O) groups is 2. The number of carbonyl (C=O) groups excluding carboxylic acids is 2. The number of hydrogen-bond acceptors (Lipinski definition) is 5. The second-order valence-corrected chi connectivity index (χ2v) is 6.15. The number of methoxy groups -OCH3 is 1. The molecule has 1 atom stereocenters. The zero-order valence-electron chi connectivity index (χ0n) is 16.3. The van der Waals surface area contributed by atoms with Crippen molar-refractivity contribution in [3.05, 3.63) is 53.1 Å². The number of hydrogen-bond donors (Lipinski definition) is 1. The molecule has 0 radical (unpaired) electrons. The smallest absolute Gasteiger partial charge is 0.339 e. The molecule has 2 rings (SSSR count). The maximum Gasteiger partial charge on any atom is 0.339 e. The van der Waals surface area contributed by atoms with E-state index in [1.807, 2.05) is 39.0 Å². The van der Waals surface area contributed by atoms with Crippen molar-refractivity contribution in [3.8, 4) is 11.5 Å². The van der Waals surface area contributed by atoms with Gasteiger partial charge in [-0.25, -0.2) is 4.79 Å². The van der Waals surface area contributed by atoms with Gasteiger partial charge in [0.25, 0.3) is 5.91 Å². The number of esters is 1. The fraction of sp³-hybridized carbons (Fsp3) is 0.333. The van der Waals surface area contributed by atoms with E-state index in [2.05, 4.69) is 5.32 Å². The Morgan fingerprint density at radius 2 is 1.81 bits per heavy atom. The Morgan fingerprint density at radius 1 is 1.07 bits per heavy atom. The summed E-state index contributed by atoms with van der Waals surface area (Å²) in [4.78, 5) is 24.7. The van der Waals surface area contributed by atoms with Crippen molar-refractivity contribution in [1.29, 1.82) is 0 Å². The molecule has 1 N–H and O–H groups in total. The fourth-order valence-electron chi connectivity index (χ4n) is 2.46. The molecule has 0 aliphatic carbocycles. The summed E-state index contributed by atoms with van der Waals surface area (Å²) < 4.78 is 16.0. The lowest BCUT2D eigenvalue weighted by atomic mass is 10.1. The summed E-state index contributed by atoms with van der Waals surface area (Å²) >= 11 is 0. The van der Waals surface area contributed by atoms with Gasteiger partial charge in [-0.15, -0.1) is 0 Å². The second-order valence-electron chi connectivity index (χ2n) is 6.15. The zero-order valence-corrected chi connectivity index (χ0v) is 16.3. The summed E-state index contributed by atoms with van der Waals surface area (Å²) in [6.07, 6.45) is -0.949. The van der Waals surface area contributed by atoms with Crippen LogP contribution in [0.2, 0.25) is 0 Å². The Bertz CT molecular complexity index is 831. The maximum atomic E-state index is 12.4. The first-order valence-electron chi connectivity index (χ1n) is 8.75. The number of rotatable bonds is 7. The van der Waals surface area contributed by atoms with Crippen molar-refractivity contribution in [2.24, 2.45) is 0 Å². The summed E-state index contributed by atoms with van der Waals surface area (Å²) in [7, 11) is 1.49. The van der Waals surface area contributed by atoms with Crippen LogP contribution in [0, 0.1) is 13.8 Å². The molecule has 0 aliphatic rings. The van der Waals surface area contributed by atoms with Gasteiger partial charge < -0.3 is 19.5 Å². The summed E-state index contributed by atoms with van der Waals surface area (Å²) in [6.45, 7) is 7.72. The van der Waals surface area contributed by atoms with Crippen LogP contribution in [0.25, 0.3) is 0 Å². The fourth-order valence-corrected chi connectivity index (χ4v) is 2.46. The molecule has 0 aromatic heterocycles. The average molecular weight is 371 g/mol. The van der Waals surface area contributed by atoms with E-state index in [9.17, 15) is 9.59 Å². The highest BCUT2D eigenvalue weighted by atomic mass is 16.5. The van der Waals surface area contributed by atoms with Crippen LogP contribution in [-0.4, -0.2) is 31.7 Å². The Balaban J connectivity index is 2.06. The van der Waals surface area contributed by atoms with Crippen molar-refractivity contribution in [3.63, 3.8) is 0 Å². The Kier molecular flexibility index (Phi) is 6.82. The van der Waals surface area contributed by atoms with Gasteiger partial charge in [-0.3, -0.25) is 4.79 Å². The summed E-state index contributed by atoms with van der Waals surface area (Å²) in [5.41, 5.74) is 2.94. The number of amides is 1. The van der Waals surface area contributed by atoms with Crippen LogP contribution in [0.4, 0.5) is 5.69 Å². The van der Waals surface area contributed by atoms with E-state index < -0.39 is 18.0 Å². The van der Waals surface area contributed by atoms with E-state index in [1.165, 1.54) is 20.1 Å². The van der Waals surface area contributed by atoms with Crippen LogP contribution in [0.15, 0.2) is 36.4 Å². The molecule has 1 amide bonds. The molecule has 2 aromatic carbocycles. The standard InChI is InChI=1S/C21H25NO5/c1-6-26-18-10-9-16(12-19(18)25-5)21(24)27-15(4)20(23)22-17-11-13(2)7-8-14(17)3/h7-12,15H,6H2,1-5H3,(H,22,23)/t15-/m0/s1. The van der Waals surface area contributed by atoms with Gasteiger partial charge in [0, 0.05) is 5.69 Å². The molecule has 0 fully saturated rings. The highest BCUT2D eigenvalue weighted by Crippen LogP contribution is 2.28. The van der Waals surface area contributed by atoms with Gasteiger partial charge in [0.05, 0.1) is 19.3 Å². The first kappa shape index (κ1) is 20.3. The Labute approximate surface area is 159 Å². The van der Waals surface area contributed by atoms with E-state index in [0.29, 0.717) is 23.8 Å². The van der Waals surface area contributed by atoms with Crippen molar-refractivity contribution < 1.29 is 23.8 Å². The monoisotopic (exact) mass is 371 g/mol. The van der Waals surface area contributed by atoms with Gasteiger partial charge in [-0.05, 0) is 63.1 Å². The van der Waals surface area contributed by atoms with Crippen molar-refractivity contribution >= 4 is 17.6 Å². The second kappa shape index (κ2) is 9.07. The van der Waals surface area contributed by atoms with Gasteiger partial charge in [0.15, 0.2) is 17.6 Å². The normalized spacial score (nSPS) is 11.4. The SMILES string of the molecule is CCOc1ccc(C(=O)O[C@@H](C)C(=O)Nc2cc(C)ccc2C)cc1OC. The molecule has 144 valence electrons. The van der Waals surface area contributed by atoms with Crippen LogP contribution < -0.4 is 14.8 Å². The first-order valence-corrected chi connectivity index (χ1v) is 8.75. The highest BCUT2D eigenvalue weighted by molar-refractivity contribution is 5.98. The molecule has 6 nitrogen and oxygen atoms in total. The van der Waals surface area contributed by atoms with Crippen LogP contribution in [-0.2, 0) is 9.53 Å². The third kappa shape index (κ3) is 5.23. The van der Waals surface area contributed by atoms with E-state index in [0.717, 1.165) is 11.1 Å². The number of anilines is 1. The van der Waals surface area contributed by atoms with Crippen LogP contribution in [0.1, 0.15) is 35.3 Å². The minimum Gasteiger partial charge on any atom is -0.493 e. The van der Waals surface area contributed by atoms with Crippen molar-refractivity contribution in [2.45, 2.75) is 33.8 Å². The molecule has 0 saturated carbocycles. The largest absolute Gasteiger partial charge is 0.493 e. The minimum absolute atomic E-state index is 0.279. The quantitative estimate of drug-likeness (QED) is 0.748. The molecule has 0 aliphatic heterocycles. The molecule has 6 heteroatoms. The van der Waals surface area contributed by atoms with E-state index >= 15 is 0 Å². The van der Waals surface area contributed by atoms with Gasteiger partial charge in [0.1, 0.15) is 0 Å². The topological polar surface area (TPSA) is 73.9 Å². The lowest BCUT2D eigenvalue weighted by Gasteiger charge is -2.16. The lowest BCUT2D eigenvalue weighted by Crippen LogP contribution is -2.30. The Morgan fingerprint density at radius 3 is 2.48 bits per heavy atom. The van der Waals surface area contributed by atoms with Gasteiger partial charge in [-0.2, -0.15) is 0 Å². The summed E-state index contributed by atoms with van der Waals surface area (Å²) in [5.74, 6) is -0.0361. The van der Waals surface area contributed by atoms with Crippen LogP contribution in [0.5, 0.6) is 11.5 Å². The Hall–Kier alpha value is -3.02. The maximum absolute atomic E-state index is 12.4. The third-order valence-electron chi connectivity index (χ3n) is 4.00. The predicted octanol–water partition coefficient (Wildman–Crippen LogP) is 3.89. The van der Waals surface area contributed by atoms with Crippen molar-refractivity contribution in [2.75, 3.05) is 19.0 Å². The number of aryl methyl sites for hydroxylation is 2. The predicted molar refractivity (Wildman–Crippen MR) is 104 cm³/mol. The van der Waals surface area contributed by atoms with Crippen molar-refractivity contribution in [1.82, 2.24) is 0 Å². The van der Waals surface area contributed by atoms with E-state index in [1.54, 1.807) is 12.1 Å². The van der Waals surface area contributed by atoms with E-state index in [4.69, 9.17) is 14.2 Å². The number of ether oxygens (including phenoxy) is 3. The molecule has 0 saturated heterocycles. The molecule has 0 heterocycles. The number of benzene rings is 2. The molecule has 27 heavy (non-hydrogen) atoms. The average Bonchev–Trinajstić information content (AvgIpc) is 2.65. The minimum atomic E-state index is -0.949. The van der Waals surface area contributed by atoms with E-state index in [-0.39, 0.29) is 5.56 Å². The number of nitrogens with one attached hydrogen (secondary N) is 1. The third-order valence-corrected chi connectivity index (χ3v) is 4.00. The highest BCUT2D eigenvalue weighted by Gasteiger charge is 2.20. The molecule has 0 spiro atoms. The van der Waals surface area contributed by atoms with Gasteiger partial charge in [-0.1, -0.05) is 12.1 Å². The summed E-state index contributed by atoms with van der Waals surface area (Å²) in [6, 6.07) is 10.5. The zero-order chi connectivity index (χ0) is 20.0. The lowest BCUT2D eigenvalue weighted by molar-refractivity contribution is -0.123.